The Labute approximate surface area is 83.6 Å². The lowest BCUT2D eigenvalue weighted by Crippen LogP contribution is -2.51. The average molecular weight is 196 g/mol. The molecular weight excluding hydrogens is 180 g/mol. The maximum absolute atomic E-state index is 11.1. The Morgan fingerprint density at radius 1 is 1.36 bits per heavy atom. The number of imide groups is 1. The van der Waals surface area contributed by atoms with Gasteiger partial charge in [-0.05, 0) is 17.8 Å². The van der Waals surface area contributed by atoms with Gasteiger partial charge in [-0.25, -0.2) is 0 Å². The first-order valence-corrected chi connectivity index (χ1v) is 5.02. The molecule has 78 valence electrons. The predicted molar refractivity (Wildman–Crippen MR) is 51.5 cm³/mol. The standard InChI is InChI=1S/C10H16N2O2/c1-10(2)3-7(10)4-12-5-8(13)11-9(14)6-12/h7H,3-6H2,1-2H3,(H,11,13,14). The number of hydrogen-bond donors (Lipinski definition) is 1. The Hall–Kier alpha value is -0.900. The summed E-state index contributed by atoms with van der Waals surface area (Å²) in [4.78, 5) is 24.1. The lowest BCUT2D eigenvalue weighted by molar-refractivity contribution is -0.136. The highest BCUT2D eigenvalue weighted by Gasteiger charge is 2.46. The number of rotatable bonds is 2. The normalized spacial score (nSPS) is 31.4. The first kappa shape index (κ1) is 9.65. The summed E-state index contributed by atoms with van der Waals surface area (Å²) in [6, 6.07) is 0. The molecule has 0 spiro atoms. The highest BCUT2D eigenvalue weighted by Crippen LogP contribution is 2.51. The number of amides is 2. The van der Waals surface area contributed by atoms with Crippen molar-refractivity contribution in [3.05, 3.63) is 0 Å². The molecule has 2 aliphatic rings. The molecule has 0 aromatic carbocycles. The summed E-state index contributed by atoms with van der Waals surface area (Å²) in [5.41, 5.74) is 0.414. The summed E-state index contributed by atoms with van der Waals surface area (Å²) >= 11 is 0. The molecule has 1 unspecified atom stereocenters. The van der Waals surface area contributed by atoms with Crippen LogP contribution in [0.3, 0.4) is 0 Å². The van der Waals surface area contributed by atoms with E-state index in [1.54, 1.807) is 0 Å². The van der Waals surface area contributed by atoms with Gasteiger partial charge in [-0.2, -0.15) is 0 Å². The Bertz CT molecular complexity index is 270. The van der Waals surface area contributed by atoms with E-state index in [9.17, 15) is 9.59 Å². The number of carbonyl (C=O) groups excluding carboxylic acids is 2. The van der Waals surface area contributed by atoms with E-state index in [-0.39, 0.29) is 11.8 Å². The van der Waals surface area contributed by atoms with Crippen LogP contribution in [-0.4, -0.2) is 36.3 Å². The van der Waals surface area contributed by atoms with Crippen molar-refractivity contribution in [2.75, 3.05) is 19.6 Å². The molecule has 14 heavy (non-hydrogen) atoms. The Morgan fingerprint density at radius 3 is 2.29 bits per heavy atom. The van der Waals surface area contributed by atoms with E-state index in [0.717, 1.165) is 6.54 Å². The third kappa shape index (κ3) is 1.95. The van der Waals surface area contributed by atoms with Crippen LogP contribution in [0.1, 0.15) is 20.3 Å². The lowest BCUT2D eigenvalue weighted by atomic mass is 10.1. The molecule has 1 atom stereocenters. The van der Waals surface area contributed by atoms with E-state index < -0.39 is 0 Å². The maximum Gasteiger partial charge on any atom is 0.240 e. The van der Waals surface area contributed by atoms with Gasteiger partial charge in [0, 0.05) is 6.54 Å². The van der Waals surface area contributed by atoms with Gasteiger partial charge in [0.25, 0.3) is 0 Å². The average Bonchev–Trinajstić information content (AvgIpc) is 2.55. The molecule has 4 nitrogen and oxygen atoms in total. The second-order valence-corrected chi connectivity index (χ2v) is 5.03. The maximum atomic E-state index is 11.1. The molecule has 2 amide bonds. The molecule has 1 heterocycles. The van der Waals surface area contributed by atoms with Crippen LogP contribution >= 0.6 is 0 Å². The number of nitrogens with one attached hydrogen (secondary N) is 1. The number of piperazine rings is 1. The van der Waals surface area contributed by atoms with Crippen molar-refractivity contribution in [1.82, 2.24) is 10.2 Å². The monoisotopic (exact) mass is 196 g/mol. The minimum absolute atomic E-state index is 0.167. The van der Waals surface area contributed by atoms with Crippen LogP contribution in [0.25, 0.3) is 0 Å². The first-order chi connectivity index (χ1) is 6.47. The number of carbonyl (C=O) groups is 2. The van der Waals surface area contributed by atoms with E-state index >= 15 is 0 Å². The molecule has 2 fully saturated rings. The highest BCUT2D eigenvalue weighted by atomic mass is 16.2. The minimum atomic E-state index is -0.167. The molecule has 0 aromatic heterocycles. The van der Waals surface area contributed by atoms with Crippen molar-refractivity contribution in [2.45, 2.75) is 20.3 Å². The van der Waals surface area contributed by atoms with Crippen LogP contribution in [0, 0.1) is 11.3 Å². The van der Waals surface area contributed by atoms with Gasteiger partial charge in [-0.1, -0.05) is 13.8 Å². The SMILES string of the molecule is CC1(C)CC1CN1CC(=O)NC(=O)C1. The summed E-state index contributed by atoms with van der Waals surface area (Å²) in [6.45, 7) is 6.08. The number of nitrogens with zero attached hydrogens (tertiary/aromatic N) is 1. The van der Waals surface area contributed by atoms with Crippen molar-refractivity contribution in [3.8, 4) is 0 Å². The van der Waals surface area contributed by atoms with E-state index in [1.165, 1.54) is 6.42 Å². The van der Waals surface area contributed by atoms with Crippen LogP contribution in [-0.2, 0) is 9.59 Å². The van der Waals surface area contributed by atoms with Gasteiger partial charge in [0.05, 0.1) is 13.1 Å². The summed E-state index contributed by atoms with van der Waals surface area (Å²) in [7, 11) is 0. The topological polar surface area (TPSA) is 49.4 Å². The molecule has 1 aliphatic carbocycles. The second-order valence-electron chi connectivity index (χ2n) is 5.03. The van der Waals surface area contributed by atoms with Crippen molar-refractivity contribution < 1.29 is 9.59 Å². The van der Waals surface area contributed by atoms with Gasteiger partial charge in [0.2, 0.25) is 11.8 Å². The summed E-state index contributed by atoms with van der Waals surface area (Å²) in [5, 5.41) is 2.30. The zero-order valence-corrected chi connectivity index (χ0v) is 8.67. The molecule has 1 saturated heterocycles. The molecule has 1 saturated carbocycles. The fourth-order valence-electron chi connectivity index (χ4n) is 2.03. The van der Waals surface area contributed by atoms with E-state index in [1.807, 2.05) is 4.90 Å². The van der Waals surface area contributed by atoms with Gasteiger partial charge in [-0.15, -0.1) is 0 Å². The third-order valence-corrected chi connectivity index (χ3v) is 3.21. The largest absolute Gasteiger partial charge is 0.294 e. The molecule has 1 N–H and O–H groups in total. The van der Waals surface area contributed by atoms with Crippen LogP contribution in [0.4, 0.5) is 0 Å². The fourth-order valence-corrected chi connectivity index (χ4v) is 2.03. The molecule has 0 aromatic rings. The van der Waals surface area contributed by atoms with Gasteiger partial charge in [0.15, 0.2) is 0 Å². The molecule has 4 heteroatoms. The highest BCUT2D eigenvalue weighted by molar-refractivity contribution is 5.99. The van der Waals surface area contributed by atoms with Crippen LogP contribution < -0.4 is 5.32 Å². The zero-order chi connectivity index (χ0) is 10.3. The van der Waals surface area contributed by atoms with Crippen molar-refractivity contribution >= 4 is 11.8 Å². The molecule has 2 rings (SSSR count). The van der Waals surface area contributed by atoms with Gasteiger partial charge in [0.1, 0.15) is 0 Å². The van der Waals surface area contributed by atoms with E-state index in [2.05, 4.69) is 19.2 Å². The summed E-state index contributed by atoms with van der Waals surface area (Å²) in [5.74, 6) is 0.320. The molecular formula is C10H16N2O2. The van der Waals surface area contributed by atoms with E-state index in [4.69, 9.17) is 0 Å². The minimum Gasteiger partial charge on any atom is -0.294 e. The Balaban J connectivity index is 1.86. The number of hydrogen-bond acceptors (Lipinski definition) is 3. The fraction of sp³-hybridized carbons (Fsp3) is 0.800. The van der Waals surface area contributed by atoms with E-state index in [0.29, 0.717) is 24.4 Å². The second kappa shape index (κ2) is 3.05. The van der Waals surface area contributed by atoms with Crippen molar-refractivity contribution in [1.29, 1.82) is 0 Å². The summed E-state index contributed by atoms with van der Waals surface area (Å²) in [6.07, 6.45) is 1.21. The molecule has 1 aliphatic heterocycles. The quantitative estimate of drug-likeness (QED) is 0.632. The first-order valence-electron chi connectivity index (χ1n) is 5.02. The summed E-state index contributed by atoms with van der Waals surface area (Å²) < 4.78 is 0. The van der Waals surface area contributed by atoms with Crippen molar-refractivity contribution in [3.63, 3.8) is 0 Å². The zero-order valence-electron chi connectivity index (χ0n) is 8.67. The van der Waals surface area contributed by atoms with Crippen LogP contribution in [0.5, 0.6) is 0 Å². The van der Waals surface area contributed by atoms with Crippen molar-refractivity contribution in [2.24, 2.45) is 11.3 Å². The lowest BCUT2D eigenvalue weighted by Gasteiger charge is -2.25. The molecule has 0 radical (unpaired) electrons. The predicted octanol–water partition coefficient (Wildman–Crippen LogP) is -0.00910. The Kier molecular flexibility index (Phi) is 2.10. The Morgan fingerprint density at radius 2 is 1.86 bits per heavy atom. The van der Waals surface area contributed by atoms with Crippen LogP contribution in [0.15, 0.2) is 0 Å². The molecule has 0 bridgehead atoms. The van der Waals surface area contributed by atoms with Crippen LogP contribution in [0.2, 0.25) is 0 Å². The van der Waals surface area contributed by atoms with Gasteiger partial charge >= 0.3 is 0 Å². The smallest absolute Gasteiger partial charge is 0.240 e. The van der Waals surface area contributed by atoms with Gasteiger partial charge < -0.3 is 0 Å². The third-order valence-electron chi connectivity index (χ3n) is 3.21. The van der Waals surface area contributed by atoms with Gasteiger partial charge in [-0.3, -0.25) is 19.8 Å².